The number of allylic oxidation sites excluding steroid dienone is 1. The molecule has 0 aromatic heterocycles. The molecule has 0 fully saturated rings. The SMILES string of the molecule is COc1ccccc1CN1COc2ccc3c(c2C1)O/C(=C\c1ccccc1Cl)C3=O. The van der Waals surface area contributed by atoms with E-state index in [1.807, 2.05) is 48.5 Å². The maximum atomic E-state index is 12.9. The molecule has 2 heterocycles. The van der Waals surface area contributed by atoms with Crippen LogP contribution in [-0.4, -0.2) is 24.5 Å². The van der Waals surface area contributed by atoms with Gasteiger partial charge in [-0.25, -0.2) is 0 Å². The summed E-state index contributed by atoms with van der Waals surface area (Å²) in [6, 6.07) is 18.9. The molecule has 0 unspecified atom stereocenters. The standard InChI is InChI=1S/C25H20ClNO4/c1-29-21-9-5-3-7-17(21)13-27-14-19-22(30-15-27)11-10-18-24(28)23(31-25(18)19)12-16-6-2-4-8-20(16)26/h2-12H,13-15H2,1H3/b23-12-. The third kappa shape index (κ3) is 3.67. The van der Waals surface area contributed by atoms with Crippen LogP contribution in [0.5, 0.6) is 17.2 Å². The van der Waals surface area contributed by atoms with Gasteiger partial charge in [-0.15, -0.1) is 0 Å². The minimum atomic E-state index is -0.153. The van der Waals surface area contributed by atoms with Gasteiger partial charge in [-0.05, 0) is 35.9 Å². The molecule has 0 bridgehead atoms. The van der Waals surface area contributed by atoms with Crippen LogP contribution < -0.4 is 14.2 Å². The van der Waals surface area contributed by atoms with Crippen molar-refractivity contribution in [1.29, 1.82) is 0 Å². The van der Waals surface area contributed by atoms with Gasteiger partial charge in [0.15, 0.2) is 5.76 Å². The molecule has 5 nitrogen and oxygen atoms in total. The Hall–Kier alpha value is -3.28. The molecule has 0 amide bonds. The Morgan fingerprint density at radius 2 is 1.90 bits per heavy atom. The van der Waals surface area contributed by atoms with E-state index >= 15 is 0 Å². The highest BCUT2D eigenvalue weighted by Gasteiger charge is 2.33. The van der Waals surface area contributed by atoms with Gasteiger partial charge in [-0.3, -0.25) is 9.69 Å². The van der Waals surface area contributed by atoms with Crippen molar-refractivity contribution in [2.45, 2.75) is 13.1 Å². The Bertz CT molecular complexity index is 1200. The maximum absolute atomic E-state index is 12.9. The molecule has 0 spiro atoms. The zero-order valence-corrected chi connectivity index (χ0v) is 17.7. The summed E-state index contributed by atoms with van der Waals surface area (Å²) in [6.45, 7) is 1.70. The number of ketones is 1. The molecule has 6 heteroatoms. The van der Waals surface area contributed by atoms with Gasteiger partial charge in [-0.2, -0.15) is 0 Å². The zero-order chi connectivity index (χ0) is 21.4. The number of nitrogens with zero attached hydrogens (tertiary/aromatic N) is 1. The number of methoxy groups -OCH3 is 1. The molecule has 0 saturated heterocycles. The highest BCUT2D eigenvalue weighted by atomic mass is 35.5. The van der Waals surface area contributed by atoms with Gasteiger partial charge in [0.05, 0.1) is 18.2 Å². The lowest BCUT2D eigenvalue weighted by atomic mass is 10.0. The first kappa shape index (κ1) is 19.7. The van der Waals surface area contributed by atoms with Crippen LogP contribution in [0.3, 0.4) is 0 Å². The van der Waals surface area contributed by atoms with Crippen molar-refractivity contribution in [3.8, 4) is 17.2 Å². The Labute approximate surface area is 185 Å². The fourth-order valence-electron chi connectivity index (χ4n) is 3.91. The molecule has 0 radical (unpaired) electrons. The maximum Gasteiger partial charge on any atom is 0.231 e. The lowest BCUT2D eigenvalue weighted by molar-refractivity contribution is 0.0865. The normalized spacial score (nSPS) is 16.5. The number of hydrogen-bond acceptors (Lipinski definition) is 5. The number of ether oxygens (including phenoxy) is 3. The van der Waals surface area contributed by atoms with Crippen LogP contribution in [0.2, 0.25) is 5.02 Å². The second kappa shape index (κ2) is 8.10. The molecular formula is C25H20ClNO4. The number of para-hydroxylation sites is 1. The van der Waals surface area contributed by atoms with E-state index in [9.17, 15) is 4.79 Å². The third-order valence-electron chi connectivity index (χ3n) is 5.46. The van der Waals surface area contributed by atoms with Gasteiger partial charge in [0, 0.05) is 23.7 Å². The molecule has 2 aliphatic rings. The van der Waals surface area contributed by atoms with Crippen molar-refractivity contribution in [2.75, 3.05) is 13.8 Å². The summed E-state index contributed by atoms with van der Waals surface area (Å²) >= 11 is 6.25. The monoisotopic (exact) mass is 433 g/mol. The van der Waals surface area contributed by atoms with Crippen molar-refractivity contribution in [2.24, 2.45) is 0 Å². The highest BCUT2D eigenvalue weighted by molar-refractivity contribution is 6.32. The van der Waals surface area contributed by atoms with Crippen LogP contribution in [0.1, 0.15) is 27.0 Å². The average Bonchev–Trinajstić information content (AvgIpc) is 3.11. The molecule has 3 aromatic rings. The topological polar surface area (TPSA) is 48.0 Å². The molecule has 31 heavy (non-hydrogen) atoms. The van der Waals surface area contributed by atoms with E-state index in [1.54, 1.807) is 25.3 Å². The van der Waals surface area contributed by atoms with Crippen LogP contribution in [-0.2, 0) is 13.1 Å². The summed E-state index contributed by atoms with van der Waals surface area (Å²) in [5.41, 5.74) is 3.22. The lowest BCUT2D eigenvalue weighted by Crippen LogP contribution is -2.31. The predicted octanol–water partition coefficient (Wildman–Crippen LogP) is 5.32. The van der Waals surface area contributed by atoms with Crippen LogP contribution >= 0.6 is 11.6 Å². The summed E-state index contributed by atoms with van der Waals surface area (Å²) in [5.74, 6) is 2.24. The van der Waals surface area contributed by atoms with Gasteiger partial charge >= 0.3 is 0 Å². The van der Waals surface area contributed by atoms with E-state index in [0.717, 1.165) is 28.2 Å². The quantitative estimate of drug-likeness (QED) is 0.521. The number of fused-ring (bicyclic) bond motifs is 3. The average molecular weight is 434 g/mol. The summed E-state index contributed by atoms with van der Waals surface area (Å²) in [4.78, 5) is 15.1. The number of Topliss-reactive ketones (excluding diaryl/α,β-unsaturated/α-hetero) is 1. The molecule has 2 aliphatic heterocycles. The summed E-state index contributed by atoms with van der Waals surface area (Å²) in [5, 5.41) is 0.565. The minimum absolute atomic E-state index is 0.153. The highest BCUT2D eigenvalue weighted by Crippen LogP contribution is 2.42. The molecular weight excluding hydrogens is 414 g/mol. The summed E-state index contributed by atoms with van der Waals surface area (Å²) in [6.07, 6.45) is 1.69. The van der Waals surface area contributed by atoms with Crippen molar-refractivity contribution < 1.29 is 19.0 Å². The molecule has 156 valence electrons. The molecule has 0 atom stereocenters. The lowest BCUT2D eigenvalue weighted by Gasteiger charge is -2.30. The van der Waals surface area contributed by atoms with E-state index in [4.69, 9.17) is 25.8 Å². The van der Waals surface area contributed by atoms with E-state index in [0.29, 0.717) is 36.2 Å². The number of carbonyl (C=O) groups excluding carboxylic acids is 1. The van der Waals surface area contributed by atoms with Crippen LogP contribution in [0.15, 0.2) is 66.4 Å². The number of hydrogen-bond donors (Lipinski definition) is 0. The Kier molecular flexibility index (Phi) is 5.14. The fourth-order valence-corrected chi connectivity index (χ4v) is 4.10. The first-order valence-electron chi connectivity index (χ1n) is 9.96. The zero-order valence-electron chi connectivity index (χ0n) is 16.9. The van der Waals surface area contributed by atoms with Crippen LogP contribution in [0, 0.1) is 0 Å². The fraction of sp³-hybridized carbons (Fsp3) is 0.160. The molecule has 0 N–H and O–H groups in total. The van der Waals surface area contributed by atoms with E-state index < -0.39 is 0 Å². The van der Waals surface area contributed by atoms with Crippen LogP contribution in [0.25, 0.3) is 6.08 Å². The van der Waals surface area contributed by atoms with Crippen LogP contribution in [0.4, 0.5) is 0 Å². The smallest absolute Gasteiger partial charge is 0.231 e. The van der Waals surface area contributed by atoms with E-state index in [1.165, 1.54) is 0 Å². The first-order chi connectivity index (χ1) is 15.1. The number of benzene rings is 3. The largest absolute Gasteiger partial charge is 0.496 e. The number of halogens is 1. The second-order valence-electron chi connectivity index (χ2n) is 7.45. The van der Waals surface area contributed by atoms with Gasteiger partial charge in [0.2, 0.25) is 5.78 Å². The van der Waals surface area contributed by atoms with Gasteiger partial charge in [-0.1, -0.05) is 48.0 Å². The van der Waals surface area contributed by atoms with E-state index in [-0.39, 0.29) is 11.5 Å². The van der Waals surface area contributed by atoms with Gasteiger partial charge in [0.1, 0.15) is 24.0 Å². The predicted molar refractivity (Wildman–Crippen MR) is 119 cm³/mol. The Morgan fingerprint density at radius 3 is 2.74 bits per heavy atom. The summed E-state index contributed by atoms with van der Waals surface area (Å²) in [7, 11) is 1.67. The minimum Gasteiger partial charge on any atom is -0.496 e. The molecule has 5 rings (SSSR count). The summed E-state index contributed by atoms with van der Waals surface area (Å²) < 4.78 is 17.5. The Morgan fingerprint density at radius 1 is 1.10 bits per heavy atom. The number of carbonyl (C=O) groups is 1. The Balaban J connectivity index is 1.44. The van der Waals surface area contributed by atoms with Crippen molar-refractivity contribution in [1.82, 2.24) is 4.90 Å². The molecule has 0 saturated carbocycles. The van der Waals surface area contributed by atoms with Crippen molar-refractivity contribution in [3.05, 3.63) is 93.7 Å². The van der Waals surface area contributed by atoms with Gasteiger partial charge in [0.25, 0.3) is 0 Å². The molecule has 0 aliphatic carbocycles. The number of rotatable bonds is 4. The molecule has 3 aromatic carbocycles. The first-order valence-corrected chi connectivity index (χ1v) is 10.3. The second-order valence-corrected chi connectivity index (χ2v) is 7.86. The van der Waals surface area contributed by atoms with Gasteiger partial charge < -0.3 is 14.2 Å². The van der Waals surface area contributed by atoms with Crippen molar-refractivity contribution in [3.63, 3.8) is 0 Å². The third-order valence-corrected chi connectivity index (χ3v) is 5.80. The van der Waals surface area contributed by atoms with E-state index in [2.05, 4.69) is 4.90 Å². The van der Waals surface area contributed by atoms with Crippen molar-refractivity contribution >= 4 is 23.5 Å².